The highest BCUT2D eigenvalue weighted by Crippen LogP contribution is 2.20. The van der Waals surface area contributed by atoms with Gasteiger partial charge in [0.25, 0.3) is 0 Å². The number of nitrogen functional groups attached to an aromatic ring is 1. The first-order chi connectivity index (χ1) is 8.69. The molecule has 18 heavy (non-hydrogen) atoms. The van der Waals surface area contributed by atoms with Crippen LogP contribution in [-0.2, 0) is 4.74 Å². The first-order valence-electron chi connectivity index (χ1n) is 6.25. The van der Waals surface area contributed by atoms with Crippen LogP contribution in [0.5, 0.6) is 5.88 Å². The Bertz CT molecular complexity index is 392. The molecule has 1 atom stereocenters. The van der Waals surface area contributed by atoms with E-state index < -0.39 is 0 Å². The number of nitrogens with zero attached hydrogens (tertiary/aromatic N) is 2. The minimum Gasteiger partial charge on any atom is -0.477 e. The van der Waals surface area contributed by atoms with Crippen molar-refractivity contribution in [2.24, 2.45) is 11.8 Å². The van der Waals surface area contributed by atoms with Gasteiger partial charge in [-0.25, -0.2) is 10.8 Å². The summed E-state index contributed by atoms with van der Waals surface area (Å²) < 4.78 is 11.0. The number of rotatable bonds is 5. The topological polar surface area (TPSA) is 82.3 Å². The van der Waals surface area contributed by atoms with E-state index >= 15 is 0 Å². The lowest BCUT2D eigenvalue weighted by Gasteiger charge is -2.12. The molecule has 0 spiro atoms. The van der Waals surface area contributed by atoms with Gasteiger partial charge in [-0.05, 0) is 6.42 Å². The van der Waals surface area contributed by atoms with E-state index in [0.717, 1.165) is 25.5 Å². The summed E-state index contributed by atoms with van der Waals surface area (Å²) in [4.78, 5) is 8.65. The Morgan fingerprint density at radius 3 is 3.00 bits per heavy atom. The third-order valence-corrected chi connectivity index (χ3v) is 2.88. The molecule has 1 aromatic rings. The lowest BCUT2D eigenvalue weighted by atomic mass is 10.1. The second-order valence-corrected chi connectivity index (χ2v) is 4.79. The molecule has 1 aliphatic rings. The maximum absolute atomic E-state index is 5.70. The number of aromatic nitrogens is 2. The van der Waals surface area contributed by atoms with Crippen molar-refractivity contribution in [1.29, 1.82) is 0 Å². The third kappa shape index (κ3) is 3.30. The highest BCUT2D eigenvalue weighted by Gasteiger charge is 2.17. The van der Waals surface area contributed by atoms with Crippen molar-refractivity contribution in [2.45, 2.75) is 26.2 Å². The standard InChI is InChI=1S/C12H20N4O2/c1-8(2)12-14-10(16-13)5-11(15-12)18-7-9-3-4-17-6-9/h5,8-9H,3-4,6-7,13H2,1-2H3,(H,14,15,16). The van der Waals surface area contributed by atoms with Crippen LogP contribution in [0.15, 0.2) is 6.07 Å². The fourth-order valence-electron chi connectivity index (χ4n) is 1.77. The van der Waals surface area contributed by atoms with Gasteiger partial charge in [-0.2, -0.15) is 4.98 Å². The Labute approximate surface area is 107 Å². The first kappa shape index (κ1) is 13.0. The average Bonchev–Trinajstić information content (AvgIpc) is 2.89. The zero-order valence-electron chi connectivity index (χ0n) is 10.8. The smallest absolute Gasteiger partial charge is 0.218 e. The summed E-state index contributed by atoms with van der Waals surface area (Å²) in [7, 11) is 0. The molecular weight excluding hydrogens is 232 g/mol. The molecule has 0 saturated carbocycles. The van der Waals surface area contributed by atoms with Crippen molar-refractivity contribution >= 4 is 5.82 Å². The third-order valence-electron chi connectivity index (χ3n) is 2.88. The quantitative estimate of drug-likeness (QED) is 0.607. The lowest BCUT2D eigenvalue weighted by Crippen LogP contribution is -2.15. The SMILES string of the molecule is CC(C)c1nc(NN)cc(OCC2CCOC2)n1. The lowest BCUT2D eigenvalue weighted by molar-refractivity contribution is 0.165. The van der Waals surface area contributed by atoms with E-state index in [2.05, 4.69) is 15.4 Å². The molecule has 0 aromatic carbocycles. The highest BCUT2D eigenvalue weighted by atomic mass is 16.5. The number of nitrogens with one attached hydrogen (secondary N) is 1. The van der Waals surface area contributed by atoms with Crippen LogP contribution in [0.1, 0.15) is 32.0 Å². The van der Waals surface area contributed by atoms with Crippen molar-refractivity contribution < 1.29 is 9.47 Å². The maximum Gasteiger partial charge on any atom is 0.218 e. The number of hydrazine groups is 1. The number of ether oxygens (including phenoxy) is 2. The van der Waals surface area contributed by atoms with Crippen molar-refractivity contribution in [1.82, 2.24) is 9.97 Å². The second kappa shape index (κ2) is 5.97. The van der Waals surface area contributed by atoms with Gasteiger partial charge in [0.15, 0.2) is 0 Å². The fraction of sp³-hybridized carbons (Fsp3) is 0.667. The number of anilines is 1. The molecule has 0 bridgehead atoms. The van der Waals surface area contributed by atoms with Gasteiger partial charge in [0.05, 0.1) is 13.2 Å². The molecule has 1 saturated heterocycles. The van der Waals surface area contributed by atoms with E-state index in [-0.39, 0.29) is 5.92 Å². The maximum atomic E-state index is 5.70. The molecule has 1 unspecified atom stereocenters. The first-order valence-corrected chi connectivity index (χ1v) is 6.25. The average molecular weight is 252 g/mol. The van der Waals surface area contributed by atoms with E-state index in [1.54, 1.807) is 6.07 Å². The predicted molar refractivity (Wildman–Crippen MR) is 68.4 cm³/mol. The Morgan fingerprint density at radius 2 is 2.39 bits per heavy atom. The summed E-state index contributed by atoms with van der Waals surface area (Å²) in [5.74, 6) is 7.94. The van der Waals surface area contributed by atoms with Gasteiger partial charge in [-0.1, -0.05) is 13.8 Å². The van der Waals surface area contributed by atoms with Gasteiger partial charge in [-0.3, -0.25) is 0 Å². The summed E-state index contributed by atoms with van der Waals surface area (Å²) in [6.07, 6.45) is 1.05. The van der Waals surface area contributed by atoms with E-state index in [4.69, 9.17) is 15.3 Å². The molecule has 0 aliphatic carbocycles. The van der Waals surface area contributed by atoms with Crippen molar-refractivity contribution in [3.63, 3.8) is 0 Å². The minimum atomic E-state index is 0.232. The summed E-state index contributed by atoms with van der Waals surface area (Å²) in [6, 6.07) is 1.71. The number of nitrogens with two attached hydrogens (primary N) is 1. The fourth-order valence-corrected chi connectivity index (χ4v) is 1.77. The second-order valence-electron chi connectivity index (χ2n) is 4.79. The molecule has 1 aromatic heterocycles. The molecule has 1 fully saturated rings. The van der Waals surface area contributed by atoms with E-state index in [1.165, 1.54) is 0 Å². The van der Waals surface area contributed by atoms with Crippen LogP contribution < -0.4 is 16.0 Å². The highest BCUT2D eigenvalue weighted by molar-refractivity contribution is 5.37. The van der Waals surface area contributed by atoms with E-state index in [0.29, 0.717) is 24.2 Å². The zero-order chi connectivity index (χ0) is 13.0. The van der Waals surface area contributed by atoms with Crippen LogP contribution in [0.25, 0.3) is 0 Å². The van der Waals surface area contributed by atoms with Crippen molar-refractivity contribution in [3.8, 4) is 5.88 Å². The van der Waals surface area contributed by atoms with E-state index in [9.17, 15) is 0 Å². The van der Waals surface area contributed by atoms with Gasteiger partial charge < -0.3 is 14.9 Å². The minimum absolute atomic E-state index is 0.232. The molecule has 2 rings (SSSR count). The van der Waals surface area contributed by atoms with Gasteiger partial charge in [0, 0.05) is 24.5 Å². The molecule has 1 aliphatic heterocycles. The molecule has 3 N–H and O–H groups in total. The molecule has 6 nitrogen and oxygen atoms in total. The summed E-state index contributed by atoms with van der Waals surface area (Å²) >= 11 is 0. The zero-order valence-corrected chi connectivity index (χ0v) is 10.8. The molecule has 6 heteroatoms. The van der Waals surface area contributed by atoms with Crippen LogP contribution in [0, 0.1) is 5.92 Å². The Hall–Kier alpha value is -1.40. The largest absolute Gasteiger partial charge is 0.477 e. The van der Waals surface area contributed by atoms with E-state index in [1.807, 2.05) is 13.8 Å². The molecule has 0 amide bonds. The predicted octanol–water partition coefficient (Wildman–Crippen LogP) is 1.30. The van der Waals surface area contributed by atoms with Gasteiger partial charge in [0.1, 0.15) is 11.6 Å². The number of hydrogen-bond acceptors (Lipinski definition) is 6. The van der Waals surface area contributed by atoms with Gasteiger partial charge in [0.2, 0.25) is 5.88 Å². The number of hydrogen-bond donors (Lipinski definition) is 2. The summed E-state index contributed by atoms with van der Waals surface area (Å²) in [5.41, 5.74) is 2.53. The van der Waals surface area contributed by atoms with Gasteiger partial charge >= 0.3 is 0 Å². The molecule has 0 radical (unpaired) electrons. The summed E-state index contributed by atoms with van der Waals surface area (Å²) in [6.45, 7) is 6.28. The van der Waals surface area contributed by atoms with Crippen molar-refractivity contribution in [2.75, 3.05) is 25.2 Å². The van der Waals surface area contributed by atoms with Crippen LogP contribution in [0.4, 0.5) is 5.82 Å². The van der Waals surface area contributed by atoms with Crippen LogP contribution >= 0.6 is 0 Å². The Kier molecular flexibility index (Phi) is 4.33. The normalized spacial score (nSPS) is 19.2. The van der Waals surface area contributed by atoms with Crippen LogP contribution in [0.3, 0.4) is 0 Å². The van der Waals surface area contributed by atoms with Crippen LogP contribution in [0.2, 0.25) is 0 Å². The Morgan fingerprint density at radius 1 is 1.56 bits per heavy atom. The summed E-state index contributed by atoms with van der Waals surface area (Å²) in [5, 5.41) is 0. The monoisotopic (exact) mass is 252 g/mol. The van der Waals surface area contributed by atoms with Crippen LogP contribution in [-0.4, -0.2) is 29.8 Å². The Balaban J connectivity index is 2.03. The van der Waals surface area contributed by atoms with Crippen molar-refractivity contribution in [3.05, 3.63) is 11.9 Å². The molecule has 2 heterocycles. The molecule has 100 valence electrons. The molecular formula is C12H20N4O2. The van der Waals surface area contributed by atoms with Gasteiger partial charge in [-0.15, -0.1) is 0 Å².